The van der Waals surface area contributed by atoms with Crippen molar-refractivity contribution < 1.29 is 14.3 Å². The third-order valence-electron chi connectivity index (χ3n) is 6.47. The van der Waals surface area contributed by atoms with E-state index in [1.807, 2.05) is 13.0 Å². The molecule has 6 heteroatoms. The van der Waals surface area contributed by atoms with Crippen molar-refractivity contribution in [3.63, 3.8) is 0 Å². The Morgan fingerprint density at radius 1 is 1.10 bits per heavy atom. The van der Waals surface area contributed by atoms with Crippen LogP contribution in [0.5, 0.6) is 0 Å². The molecule has 1 aliphatic carbocycles. The van der Waals surface area contributed by atoms with E-state index in [1.54, 1.807) is 0 Å². The average Bonchev–Trinajstić information content (AvgIpc) is 2.73. The molecule has 0 aromatic heterocycles. The summed E-state index contributed by atoms with van der Waals surface area (Å²) < 4.78 is 4.72. The Labute approximate surface area is 180 Å². The number of carbonyl (C=O) groups is 2. The van der Waals surface area contributed by atoms with Crippen LogP contribution in [-0.2, 0) is 9.53 Å². The Bertz CT molecular complexity index is 681. The fourth-order valence-corrected chi connectivity index (χ4v) is 4.63. The van der Waals surface area contributed by atoms with Crippen molar-refractivity contribution >= 4 is 24.3 Å². The molecule has 162 valence electrons. The van der Waals surface area contributed by atoms with Gasteiger partial charge in [0.15, 0.2) is 0 Å². The molecular formula is C23H35ClN2O3. The second kappa shape index (κ2) is 11.6. The number of piperidine rings is 1. The van der Waals surface area contributed by atoms with Gasteiger partial charge < -0.3 is 15.4 Å². The quantitative estimate of drug-likeness (QED) is 0.676. The summed E-state index contributed by atoms with van der Waals surface area (Å²) in [6.07, 6.45) is 7.85. The molecule has 0 radical (unpaired) electrons. The zero-order chi connectivity index (χ0) is 19.9. The number of methoxy groups -OCH3 is 1. The fraction of sp³-hybridized carbons (Fsp3) is 0.652. The predicted molar refractivity (Wildman–Crippen MR) is 118 cm³/mol. The first-order valence-corrected chi connectivity index (χ1v) is 10.8. The molecule has 0 bridgehead atoms. The minimum Gasteiger partial charge on any atom is -0.469 e. The lowest BCUT2D eigenvalue weighted by molar-refractivity contribution is -0.141. The van der Waals surface area contributed by atoms with Crippen molar-refractivity contribution in [1.82, 2.24) is 10.6 Å². The monoisotopic (exact) mass is 422 g/mol. The lowest BCUT2D eigenvalue weighted by atomic mass is 9.83. The maximum Gasteiger partial charge on any atom is 0.305 e. The molecule has 2 N–H and O–H groups in total. The molecule has 29 heavy (non-hydrogen) atoms. The highest BCUT2D eigenvalue weighted by Crippen LogP contribution is 2.29. The number of esters is 1. The van der Waals surface area contributed by atoms with Gasteiger partial charge in [-0.3, -0.25) is 9.59 Å². The Balaban J connectivity index is 0.00000300. The molecule has 2 aliphatic rings. The number of aryl methyl sites for hydroxylation is 1. The molecule has 0 spiro atoms. The van der Waals surface area contributed by atoms with Gasteiger partial charge in [-0.2, -0.15) is 0 Å². The van der Waals surface area contributed by atoms with Crippen LogP contribution >= 0.6 is 12.4 Å². The van der Waals surface area contributed by atoms with E-state index in [0.717, 1.165) is 56.3 Å². The summed E-state index contributed by atoms with van der Waals surface area (Å²) in [5.41, 5.74) is 3.23. The first-order valence-electron chi connectivity index (χ1n) is 10.8. The Morgan fingerprint density at radius 2 is 1.79 bits per heavy atom. The highest BCUT2D eigenvalue weighted by Gasteiger charge is 2.24. The Morgan fingerprint density at radius 3 is 2.41 bits per heavy atom. The molecule has 0 unspecified atom stereocenters. The molecule has 0 atom stereocenters. The molecular weight excluding hydrogens is 388 g/mol. The summed E-state index contributed by atoms with van der Waals surface area (Å²) in [6, 6.07) is 6.59. The number of ether oxygens (including phenoxy) is 1. The van der Waals surface area contributed by atoms with Gasteiger partial charge in [0.05, 0.1) is 7.11 Å². The van der Waals surface area contributed by atoms with E-state index in [-0.39, 0.29) is 30.3 Å². The van der Waals surface area contributed by atoms with Crippen LogP contribution in [0, 0.1) is 12.8 Å². The van der Waals surface area contributed by atoms with Crippen LogP contribution in [0.25, 0.3) is 0 Å². The molecule has 1 aromatic carbocycles. The van der Waals surface area contributed by atoms with Crippen molar-refractivity contribution in [2.75, 3.05) is 20.2 Å². The molecule has 1 saturated carbocycles. The van der Waals surface area contributed by atoms with Crippen molar-refractivity contribution in [3.8, 4) is 0 Å². The number of hydrogen-bond donors (Lipinski definition) is 2. The number of amides is 1. The van der Waals surface area contributed by atoms with Gasteiger partial charge in [0.2, 0.25) is 0 Å². The number of carbonyl (C=O) groups excluding carboxylic acids is 2. The van der Waals surface area contributed by atoms with E-state index in [4.69, 9.17) is 4.74 Å². The van der Waals surface area contributed by atoms with Gasteiger partial charge in [0.1, 0.15) is 0 Å². The zero-order valence-corrected chi connectivity index (χ0v) is 18.5. The van der Waals surface area contributed by atoms with Crippen LogP contribution in [0.4, 0.5) is 0 Å². The number of hydrogen-bond acceptors (Lipinski definition) is 4. The number of halogens is 1. The summed E-state index contributed by atoms with van der Waals surface area (Å²) in [7, 11) is 1.44. The molecule has 1 amide bonds. The lowest BCUT2D eigenvalue weighted by Gasteiger charge is -2.29. The van der Waals surface area contributed by atoms with Gasteiger partial charge in [0, 0.05) is 18.0 Å². The average molecular weight is 423 g/mol. The van der Waals surface area contributed by atoms with E-state index in [0.29, 0.717) is 18.3 Å². The minimum absolute atomic E-state index is 0. The number of benzene rings is 1. The van der Waals surface area contributed by atoms with E-state index in [2.05, 4.69) is 22.8 Å². The topological polar surface area (TPSA) is 67.4 Å². The molecule has 3 rings (SSSR count). The van der Waals surface area contributed by atoms with E-state index in [9.17, 15) is 9.59 Å². The number of rotatable bonds is 6. The van der Waals surface area contributed by atoms with Crippen LogP contribution in [0.15, 0.2) is 18.2 Å². The van der Waals surface area contributed by atoms with Crippen LogP contribution in [0.1, 0.15) is 78.8 Å². The minimum atomic E-state index is -0.126. The largest absolute Gasteiger partial charge is 0.469 e. The van der Waals surface area contributed by atoms with Crippen molar-refractivity contribution in [1.29, 1.82) is 0 Å². The molecule has 1 aliphatic heterocycles. The third-order valence-corrected chi connectivity index (χ3v) is 6.47. The second-order valence-electron chi connectivity index (χ2n) is 8.40. The predicted octanol–water partition coefficient (Wildman–Crippen LogP) is 4.13. The lowest BCUT2D eigenvalue weighted by Crippen LogP contribution is -2.38. The SMILES string of the molecule is COC(=O)CCC1CCC(NC(=O)c2ccc(C3CCNCC3)cc2C)CC1.Cl. The van der Waals surface area contributed by atoms with Gasteiger partial charge in [-0.15, -0.1) is 12.4 Å². The van der Waals surface area contributed by atoms with Gasteiger partial charge in [-0.05, 0) is 94.0 Å². The van der Waals surface area contributed by atoms with Crippen LogP contribution in [0.3, 0.4) is 0 Å². The maximum atomic E-state index is 12.8. The van der Waals surface area contributed by atoms with Crippen molar-refractivity contribution in [2.45, 2.75) is 70.3 Å². The summed E-state index contributed by atoms with van der Waals surface area (Å²) in [5.74, 6) is 1.10. The van der Waals surface area contributed by atoms with E-state index < -0.39 is 0 Å². The van der Waals surface area contributed by atoms with Crippen LogP contribution in [0.2, 0.25) is 0 Å². The second-order valence-corrected chi connectivity index (χ2v) is 8.40. The zero-order valence-electron chi connectivity index (χ0n) is 17.7. The fourth-order valence-electron chi connectivity index (χ4n) is 4.63. The summed E-state index contributed by atoms with van der Waals surface area (Å²) in [5, 5.41) is 6.64. The highest BCUT2D eigenvalue weighted by atomic mass is 35.5. The molecule has 5 nitrogen and oxygen atoms in total. The van der Waals surface area contributed by atoms with Gasteiger partial charge in [-0.25, -0.2) is 0 Å². The normalized spacial score (nSPS) is 22.4. The molecule has 1 heterocycles. The Kier molecular flexibility index (Phi) is 9.44. The summed E-state index contributed by atoms with van der Waals surface area (Å²) in [6.45, 7) is 4.20. The van der Waals surface area contributed by atoms with Gasteiger partial charge in [0.25, 0.3) is 5.91 Å². The van der Waals surface area contributed by atoms with E-state index in [1.165, 1.54) is 25.5 Å². The van der Waals surface area contributed by atoms with Crippen LogP contribution in [-0.4, -0.2) is 38.1 Å². The highest BCUT2D eigenvalue weighted by molar-refractivity contribution is 5.95. The van der Waals surface area contributed by atoms with Gasteiger partial charge in [-0.1, -0.05) is 12.1 Å². The third kappa shape index (κ3) is 6.71. The first kappa shape index (κ1) is 23.7. The van der Waals surface area contributed by atoms with E-state index >= 15 is 0 Å². The summed E-state index contributed by atoms with van der Waals surface area (Å²) in [4.78, 5) is 24.1. The maximum absolute atomic E-state index is 12.8. The molecule has 2 fully saturated rings. The first-order chi connectivity index (χ1) is 13.6. The molecule has 1 aromatic rings. The Hall–Kier alpha value is -1.59. The molecule has 1 saturated heterocycles. The smallest absolute Gasteiger partial charge is 0.305 e. The standard InChI is InChI=1S/C23H34N2O3.ClH/c1-16-15-19(18-11-13-24-14-12-18)6-9-21(16)23(27)25-20-7-3-17(4-8-20)5-10-22(26)28-2;/h6,9,15,17-18,20,24H,3-5,7-8,10-14H2,1-2H3,(H,25,27);1H. The van der Waals surface area contributed by atoms with Crippen molar-refractivity contribution in [2.24, 2.45) is 5.92 Å². The van der Waals surface area contributed by atoms with Gasteiger partial charge >= 0.3 is 5.97 Å². The summed E-state index contributed by atoms with van der Waals surface area (Å²) >= 11 is 0. The van der Waals surface area contributed by atoms with Crippen molar-refractivity contribution in [3.05, 3.63) is 34.9 Å². The number of nitrogens with one attached hydrogen (secondary N) is 2. The van der Waals surface area contributed by atoms with Crippen LogP contribution < -0.4 is 10.6 Å².